The summed E-state index contributed by atoms with van der Waals surface area (Å²) in [7, 11) is 0. The van der Waals surface area contributed by atoms with Gasteiger partial charge in [0.15, 0.2) is 0 Å². The van der Waals surface area contributed by atoms with Crippen molar-refractivity contribution in [2.24, 2.45) is 5.92 Å². The van der Waals surface area contributed by atoms with Gasteiger partial charge in [-0.1, -0.05) is 0 Å². The van der Waals surface area contributed by atoms with Gasteiger partial charge < -0.3 is 14.7 Å². The molecule has 3 unspecified atom stereocenters. The first-order chi connectivity index (χ1) is 7.22. The molecule has 3 atom stereocenters. The molecule has 15 heavy (non-hydrogen) atoms. The number of amides is 1. The molecule has 1 N–H and O–H groups in total. The third kappa shape index (κ3) is 2.16. The van der Waals surface area contributed by atoms with Crippen LogP contribution in [0.25, 0.3) is 0 Å². The van der Waals surface area contributed by atoms with E-state index >= 15 is 0 Å². The summed E-state index contributed by atoms with van der Waals surface area (Å²) < 4.78 is 5.52. The number of carbonyl (C=O) groups excluding carboxylic acids is 1. The molecule has 0 radical (unpaired) electrons. The Labute approximate surface area is 90.2 Å². The van der Waals surface area contributed by atoms with Crippen LogP contribution in [0, 0.1) is 5.92 Å². The second-order valence-electron chi connectivity index (χ2n) is 4.57. The van der Waals surface area contributed by atoms with Gasteiger partial charge in [-0.25, -0.2) is 0 Å². The lowest BCUT2D eigenvalue weighted by Crippen LogP contribution is -2.39. The Morgan fingerprint density at radius 1 is 1.60 bits per heavy atom. The number of rotatable bonds is 3. The molecular formula is C11H19NO3. The van der Waals surface area contributed by atoms with E-state index in [2.05, 4.69) is 0 Å². The maximum absolute atomic E-state index is 11.7. The number of nitrogens with zero attached hydrogens (tertiary/aromatic N) is 1. The van der Waals surface area contributed by atoms with Gasteiger partial charge in [0.05, 0.1) is 6.10 Å². The number of hydrogen-bond acceptors (Lipinski definition) is 3. The molecule has 4 nitrogen and oxygen atoms in total. The van der Waals surface area contributed by atoms with Crippen LogP contribution in [0.2, 0.25) is 0 Å². The quantitative estimate of drug-likeness (QED) is 0.738. The largest absolute Gasteiger partial charge is 0.396 e. The Bertz CT molecular complexity index is 238. The number of hydrogen-bond donors (Lipinski definition) is 1. The van der Waals surface area contributed by atoms with Gasteiger partial charge in [0.25, 0.3) is 0 Å². The molecule has 2 rings (SSSR count). The highest BCUT2D eigenvalue weighted by Gasteiger charge is 2.37. The van der Waals surface area contributed by atoms with Crippen LogP contribution in [-0.2, 0) is 9.53 Å². The summed E-state index contributed by atoms with van der Waals surface area (Å²) in [4.78, 5) is 13.6. The predicted octanol–water partition coefficient (Wildman–Crippen LogP) is 0.395. The second kappa shape index (κ2) is 4.49. The Morgan fingerprint density at radius 3 is 2.93 bits per heavy atom. The molecule has 4 heteroatoms. The topological polar surface area (TPSA) is 49.8 Å². The Balaban J connectivity index is 1.93. The third-order valence-corrected chi connectivity index (χ3v) is 3.59. The molecule has 0 spiro atoms. The van der Waals surface area contributed by atoms with E-state index in [4.69, 9.17) is 9.84 Å². The average molecular weight is 213 g/mol. The molecule has 2 saturated heterocycles. The first-order valence-corrected chi connectivity index (χ1v) is 5.74. The van der Waals surface area contributed by atoms with E-state index in [0.29, 0.717) is 13.0 Å². The fourth-order valence-corrected chi connectivity index (χ4v) is 2.49. The number of likely N-dealkylation sites (tertiary alicyclic amines) is 1. The summed E-state index contributed by atoms with van der Waals surface area (Å²) in [6.07, 6.45) is 2.86. The van der Waals surface area contributed by atoms with Crippen LogP contribution in [0.5, 0.6) is 0 Å². The van der Waals surface area contributed by atoms with Crippen molar-refractivity contribution in [3.8, 4) is 0 Å². The van der Waals surface area contributed by atoms with Crippen LogP contribution in [-0.4, -0.2) is 47.8 Å². The molecule has 86 valence electrons. The summed E-state index contributed by atoms with van der Waals surface area (Å²) in [6, 6.07) is 0.159. The Kier molecular flexibility index (Phi) is 3.26. The number of aliphatic hydroxyl groups excluding tert-OH is 1. The number of aliphatic hydroxyl groups is 1. The molecule has 2 aliphatic rings. The normalized spacial score (nSPS) is 36.5. The zero-order valence-corrected chi connectivity index (χ0v) is 9.19. The molecule has 0 aromatic carbocycles. The summed E-state index contributed by atoms with van der Waals surface area (Å²) in [5.74, 6) is 0.274. The molecule has 2 fully saturated rings. The summed E-state index contributed by atoms with van der Waals surface area (Å²) in [6.45, 7) is 3.65. The van der Waals surface area contributed by atoms with Crippen molar-refractivity contribution in [2.75, 3.05) is 19.8 Å². The van der Waals surface area contributed by atoms with Gasteiger partial charge in [-0.15, -0.1) is 0 Å². The minimum Gasteiger partial charge on any atom is -0.396 e. The minimum absolute atomic E-state index is 0.106. The van der Waals surface area contributed by atoms with Crippen molar-refractivity contribution in [1.29, 1.82) is 0 Å². The molecule has 2 aliphatic heterocycles. The van der Waals surface area contributed by atoms with Gasteiger partial charge in [0.2, 0.25) is 5.91 Å². The molecule has 2 heterocycles. The van der Waals surface area contributed by atoms with Crippen LogP contribution >= 0.6 is 0 Å². The monoisotopic (exact) mass is 213 g/mol. The smallest absolute Gasteiger partial charge is 0.223 e. The average Bonchev–Trinajstić information content (AvgIpc) is 2.81. The lowest BCUT2D eigenvalue weighted by molar-refractivity contribution is -0.130. The van der Waals surface area contributed by atoms with E-state index in [1.807, 2.05) is 11.8 Å². The summed E-state index contributed by atoms with van der Waals surface area (Å²) >= 11 is 0. The zero-order valence-electron chi connectivity index (χ0n) is 9.19. The van der Waals surface area contributed by atoms with Crippen molar-refractivity contribution >= 4 is 5.91 Å². The van der Waals surface area contributed by atoms with Gasteiger partial charge in [0, 0.05) is 38.1 Å². The summed E-state index contributed by atoms with van der Waals surface area (Å²) in [5.41, 5.74) is 0. The van der Waals surface area contributed by atoms with Crippen LogP contribution in [0.3, 0.4) is 0 Å². The minimum atomic E-state index is 0.106. The maximum atomic E-state index is 11.7. The molecule has 0 aromatic heterocycles. The highest BCUT2D eigenvalue weighted by molar-refractivity contribution is 5.79. The number of carbonyl (C=O) groups is 1. The van der Waals surface area contributed by atoms with Gasteiger partial charge in [-0.2, -0.15) is 0 Å². The fraction of sp³-hybridized carbons (Fsp3) is 0.909. The summed E-state index contributed by atoms with van der Waals surface area (Å²) in [5, 5.41) is 9.12. The lowest BCUT2D eigenvalue weighted by Gasteiger charge is -2.26. The Morgan fingerprint density at radius 2 is 2.40 bits per heavy atom. The standard InChI is InChI=1S/C11H19NO3/c1-8-9(7-13)5-11(14)12(8)6-10-3-2-4-15-10/h8-10,13H,2-7H2,1H3. The van der Waals surface area contributed by atoms with Crippen molar-refractivity contribution in [3.05, 3.63) is 0 Å². The molecule has 0 bridgehead atoms. The van der Waals surface area contributed by atoms with Crippen LogP contribution < -0.4 is 0 Å². The van der Waals surface area contributed by atoms with E-state index in [1.165, 1.54) is 0 Å². The Hall–Kier alpha value is -0.610. The van der Waals surface area contributed by atoms with Gasteiger partial charge in [0.1, 0.15) is 0 Å². The van der Waals surface area contributed by atoms with Gasteiger partial charge in [-0.3, -0.25) is 4.79 Å². The van der Waals surface area contributed by atoms with Gasteiger partial charge in [-0.05, 0) is 19.8 Å². The number of ether oxygens (including phenoxy) is 1. The molecule has 0 saturated carbocycles. The van der Waals surface area contributed by atoms with Crippen molar-refractivity contribution in [2.45, 2.75) is 38.3 Å². The molecule has 1 amide bonds. The maximum Gasteiger partial charge on any atom is 0.223 e. The SMILES string of the molecule is CC1C(CO)CC(=O)N1CC1CCCO1. The lowest BCUT2D eigenvalue weighted by atomic mass is 10.0. The van der Waals surface area contributed by atoms with Crippen molar-refractivity contribution < 1.29 is 14.6 Å². The first kappa shape index (κ1) is 10.9. The fourth-order valence-electron chi connectivity index (χ4n) is 2.49. The molecule has 0 aromatic rings. The van der Waals surface area contributed by atoms with Crippen LogP contribution in [0.1, 0.15) is 26.2 Å². The van der Waals surface area contributed by atoms with E-state index in [0.717, 1.165) is 19.4 Å². The first-order valence-electron chi connectivity index (χ1n) is 5.74. The van der Waals surface area contributed by atoms with Crippen LogP contribution in [0.15, 0.2) is 0 Å². The van der Waals surface area contributed by atoms with E-state index in [1.54, 1.807) is 0 Å². The van der Waals surface area contributed by atoms with E-state index in [-0.39, 0.29) is 30.6 Å². The third-order valence-electron chi connectivity index (χ3n) is 3.59. The van der Waals surface area contributed by atoms with Gasteiger partial charge >= 0.3 is 0 Å². The predicted molar refractivity (Wildman–Crippen MR) is 55.3 cm³/mol. The van der Waals surface area contributed by atoms with Crippen LogP contribution in [0.4, 0.5) is 0 Å². The van der Waals surface area contributed by atoms with E-state index in [9.17, 15) is 4.79 Å². The van der Waals surface area contributed by atoms with Crippen molar-refractivity contribution in [1.82, 2.24) is 4.90 Å². The highest BCUT2D eigenvalue weighted by Crippen LogP contribution is 2.26. The van der Waals surface area contributed by atoms with Crippen molar-refractivity contribution in [3.63, 3.8) is 0 Å². The van der Waals surface area contributed by atoms with E-state index < -0.39 is 0 Å². The molecular weight excluding hydrogens is 194 g/mol. The highest BCUT2D eigenvalue weighted by atomic mass is 16.5. The zero-order chi connectivity index (χ0) is 10.8. The second-order valence-corrected chi connectivity index (χ2v) is 4.57. The molecule has 0 aliphatic carbocycles.